The zero-order valence-electron chi connectivity index (χ0n) is 15.8. The van der Waals surface area contributed by atoms with E-state index in [1.54, 1.807) is 24.2 Å². The van der Waals surface area contributed by atoms with Gasteiger partial charge in [-0.3, -0.25) is 9.36 Å². The number of likely N-dealkylation sites (N-methyl/N-ethyl adjacent to an activating group) is 1. The van der Waals surface area contributed by atoms with Crippen LogP contribution in [0.25, 0.3) is 11.4 Å². The summed E-state index contributed by atoms with van der Waals surface area (Å²) < 4.78 is 6.41. The molecule has 3 heterocycles. The summed E-state index contributed by atoms with van der Waals surface area (Å²) in [6, 6.07) is 3.21. The molecule has 0 spiro atoms. The van der Waals surface area contributed by atoms with Gasteiger partial charge in [-0.2, -0.15) is 0 Å². The van der Waals surface area contributed by atoms with Gasteiger partial charge in [0.15, 0.2) is 0 Å². The Hall–Kier alpha value is -2.97. The number of likely N-dealkylation sites (tertiary alicyclic amines) is 1. The maximum absolute atomic E-state index is 12.5. The van der Waals surface area contributed by atoms with E-state index >= 15 is 0 Å². The number of aromatic nitrogens is 4. The van der Waals surface area contributed by atoms with Crippen LogP contribution in [0.3, 0.4) is 0 Å². The van der Waals surface area contributed by atoms with Crippen molar-refractivity contribution < 1.29 is 9.53 Å². The zero-order valence-corrected chi connectivity index (χ0v) is 15.8. The van der Waals surface area contributed by atoms with Gasteiger partial charge in [0.1, 0.15) is 6.33 Å². The van der Waals surface area contributed by atoms with Crippen LogP contribution in [-0.4, -0.2) is 63.3 Å². The van der Waals surface area contributed by atoms with Crippen LogP contribution in [0, 0.1) is 0 Å². The van der Waals surface area contributed by atoms with E-state index in [1.165, 1.54) is 24.1 Å². The lowest BCUT2D eigenvalue weighted by atomic mass is 10.2. The highest BCUT2D eigenvalue weighted by Gasteiger charge is 2.31. The Morgan fingerprint density at radius 1 is 1.41 bits per heavy atom. The molecule has 1 fully saturated rings. The summed E-state index contributed by atoms with van der Waals surface area (Å²) in [6.45, 7) is 3.92. The highest BCUT2D eigenvalue weighted by Crippen LogP contribution is 2.22. The van der Waals surface area contributed by atoms with Crippen molar-refractivity contribution in [2.24, 2.45) is 7.05 Å². The number of hydrogen-bond acceptors (Lipinski definition) is 7. The van der Waals surface area contributed by atoms with Gasteiger partial charge in [-0.25, -0.2) is 19.7 Å². The van der Waals surface area contributed by atoms with Crippen molar-refractivity contribution in [3.05, 3.63) is 35.0 Å². The molecular formula is C18H24N6O3. The summed E-state index contributed by atoms with van der Waals surface area (Å²) in [4.78, 5) is 41.0. The van der Waals surface area contributed by atoms with Crippen LogP contribution in [0.5, 0.6) is 0 Å². The van der Waals surface area contributed by atoms with E-state index in [9.17, 15) is 9.59 Å². The molecule has 144 valence electrons. The second-order valence-corrected chi connectivity index (χ2v) is 6.43. The molecule has 0 bridgehead atoms. The molecule has 27 heavy (non-hydrogen) atoms. The Morgan fingerprint density at radius 2 is 2.22 bits per heavy atom. The quantitative estimate of drug-likeness (QED) is 0.781. The molecule has 9 heteroatoms. The highest BCUT2D eigenvalue weighted by molar-refractivity contribution is 5.68. The van der Waals surface area contributed by atoms with E-state index in [-0.39, 0.29) is 17.7 Å². The van der Waals surface area contributed by atoms with Crippen LogP contribution in [0.4, 0.5) is 10.7 Å². The molecule has 2 aromatic rings. The lowest BCUT2D eigenvalue weighted by molar-refractivity contribution is 0.119. The van der Waals surface area contributed by atoms with E-state index in [1.807, 2.05) is 11.8 Å². The number of amides is 1. The third kappa shape index (κ3) is 3.91. The molecule has 0 radical (unpaired) electrons. The van der Waals surface area contributed by atoms with Crippen molar-refractivity contribution >= 4 is 12.0 Å². The number of hydrogen-bond donors (Lipinski definition) is 0. The normalized spacial score (nSPS) is 16.4. The number of ether oxygens (including phenoxy) is 1. The summed E-state index contributed by atoms with van der Waals surface area (Å²) in [5, 5.41) is 0. The summed E-state index contributed by atoms with van der Waals surface area (Å²) in [5.74, 6) is 0.551. The minimum absolute atomic E-state index is 0.0250. The van der Waals surface area contributed by atoms with E-state index in [4.69, 9.17) is 4.74 Å². The molecule has 0 aromatic carbocycles. The Bertz CT molecular complexity index is 854. The van der Waals surface area contributed by atoms with Gasteiger partial charge in [0.2, 0.25) is 5.95 Å². The molecule has 1 saturated heterocycles. The molecule has 1 aliphatic rings. The van der Waals surface area contributed by atoms with Gasteiger partial charge in [0.05, 0.1) is 24.5 Å². The Labute approximate surface area is 157 Å². The van der Waals surface area contributed by atoms with Crippen LogP contribution in [-0.2, 0) is 11.8 Å². The van der Waals surface area contributed by atoms with Gasteiger partial charge in [-0.05, 0) is 25.8 Å². The summed E-state index contributed by atoms with van der Waals surface area (Å²) in [5.41, 5.74) is 0.936. The third-order valence-corrected chi connectivity index (χ3v) is 4.84. The molecule has 1 atom stereocenters. The van der Waals surface area contributed by atoms with Crippen LogP contribution in [0.1, 0.15) is 19.8 Å². The van der Waals surface area contributed by atoms with Crippen LogP contribution in [0.15, 0.2) is 29.5 Å². The molecule has 9 nitrogen and oxygen atoms in total. The number of rotatable bonds is 5. The fourth-order valence-corrected chi connectivity index (χ4v) is 3.37. The van der Waals surface area contributed by atoms with Crippen LogP contribution in [0.2, 0.25) is 0 Å². The van der Waals surface area contributed by atoms with Crippen molar-refractivity contribution in [2.45, 2.75) is 25.8 Å². The van der Waals surface area contributed by atoms with Gasteiger partial charge < -0.3 is 14.5 Å². The fourth-order valence-electron chi connectivity index (χ4n) is 3.37. The number of anilines is 1. The predicted octanol–water partition coefficient (Wildman–Crippen LogP) is 1.29. The van der Waals surface area contributed by atoms with Crippen molar-refractivity contribution in [3.8, 4) is 11.4 Å². The molecule has 2 aromatic heterocycles. The van der Waals surface area contributed by atoms with Gasteiger partial charge >= 0.3 is 6.09 Å². The zero-order chi connectivity index (χ0) is 19.4. The third-order valence-electron chi connectivity index (χ3n) is 4.84. The lowest BCUT2D eigenvalue weighted by Crippen LogP contribution is -2.44. The monoisotopic (exact) mass is 372 g/mol. The molecular weight excluding hydrogens is 348 g/mol. The smallest absolute Gasteiger partial charge is 0.409 e. The van der Waals surface area contributed by atoms with Crippen molar-refractivity contribution in [2.75, 3.05) is 31.6 Å². The minimum atomic E-state index is -0.315. The van der Waals surface area contributed by atoms with Crippen molar-refractivity contribution in [3.63, 3.8) is 0 Å². The Balaban J connectivity index is 1.92. The highest BCUT2D eigenvalue weighted by atomic mass is 16.5. The van der Waals surface area contributed by atoms with Crippen LogP contribution >= 0.6 is 0 Å². The van der Waals surface area contributed by atoms with E-state index < -0.39 is 0 Å². The van der Waals surface area contributed by atoms with Crippen molar-refractivity contribution in [1.29, 1.82) is 0 Å². The van der Waals surface area contributed by atoms with Crippen molar-refractivity contribution in [1.82, 2.24) is 24.4 Å². The largest absolute Gasteiger partial charge is 0.453 e. The molecule has 0 aliphatic carbocycles. The number of carbonyl (C=O) groups is 1. The van der Waals surface area contributed by atoms with Gasteiger partial charge in [-0.1, -0.05) is 0 Å². The first-order valence-corrected chi connectivity index (χ1v) is 8.99. The second-order valence-electron chi connectivity index (χ2n) is 6.43. The van der Waals surface area contributed by atoms with Gasteiger partial charge in [-0.15, -0.1) is 0 Å². The van der Waals surface area contributed by atoms with E-state index in [0.29, 0.717) is 37.0 Å². The SMILES string of the molecule is CCN(C[C@@H]1CCCN1C(=O)OC)c1nc(-c2ccncn2)cc(=O)n1C. The maximum atomic E-state index is 12.5. The molecule has 1 aliphatic heterocycles. The molecule has 0 N–H and O–H groups in total. The first kappa shape index (κ1) is 18.8. The Morgan fingerprint density at radius 3 is 2.89 bits per heavy atom. The van der Waals surface area contributed by atoms with Gasteiger partial charge in [0.25, 0.3) is 5.56 Å². The fraction of sp³-hybridized carbons (Fsp3) is 0.500. The number of nitrogens with zero attached hydrogens (tertiary/aromatic N) is 6. The summed E-state index contributed by atoms with van der Waals surface area (Å²) in [6.07, 6.45) is 4.56. The van der Waals surface area contributed by atoms with E-state index in [0.717, 1.165) is 12.8 Å². The number of methoxy groups -OCH3 is 1. The maximum Gasteiger partial charge on any atom is 0.409 e. The van der Waals surface area contributed by atoms with E-state index in [2.05, 4.69) is 15.0 Å². The first-order valence-electron chi connectivity index (χ1n) is 8.99. The number of carbonyl (C=O) groups excluding carboxylic acids is 1. The summed E-state index contributed by atoms with van der Waals surface area (Å²) >= 11 is 0. The minimum Gasteiger partial charge on any atom is -0.453 e. The molecule has 3 rings (SSSR count). The van der Waals surface area contributed by atoms with Gasteiger partial charge in [0, 0.05) is 38.9 Å². The predicted molar refractivity (Wildman–Crippen MR) is 101 cm³/mol. The lowest BCUT2D eigenvalue weighted by Gasteiger charge is -2.31. The average molecular weight is 372 g/mol. The van der Waals surface area contributed by atoms with Crippen LogP contribution < -0.4 is 10.5 Å². The summed E-state index contributed by atoms with van der Waals surface area (Å²) in [7, 11) is 3.09. The Kier molecular flexibility index (Phi) is 5.68. The topological polar surface area (TPSA) is 93.5 Å². The molecule has 0 unspecified atom stereocenters. The standard InChI is InChI=1S/C18H24N6O3/c1-4-23(11-13-6-5-9-24(13)18(26)27-3)17-21-15(10-16(25)22(17)2)14-7-8-19-12-20-14/h7-8,10,12-13H,4-6,9,11H2,1-3H3/t13-/m0/s1. The molecule has 0 saturated carbocycles. The second kappa shape index (κ2) is 8.15. The first-order chi connectivity index (χ1) is 13.0. The average Bonchev–Trinajstić information content (AvgIpc) is 3.16. The molecule has 1 amide bonds.